The molecule has 0 aliphatic heterocycles. The molecule has 0 fully saturated rings. The zero-order valence-corrected chi connectivity index (χ0v) is 69.0. The molecule has 0 unspecified atom stereocenters. The maximum Gasteiger partial charge on any atom is 0.251 e. The third kappa shape index (κ3) is 32.5. The summed E-state index contributed by atoms with van der Waals surface area (Å²) in [5.74, 6) is -6.22. The molecule has 684 valence electrons. The zero-order valence-electron chi connectivity index (χ0n) is 69.0. The van der Waals surface area contributed by atoms with E-state index in [4.69, 9.17) is 19.7 Å². The number of aromatic nitrogens is 1. The van der Waals surface area contributed by atoms with Crippen molar-refractivity contribution in [1.29, 1.82) is 0 Å². The largest absolute Gasteiger partial charge is 0.504 e. The minimum atomic E-state index is -0.381. The SMILES string of the molecule is O=C(CCc1ccc(O)c(O)c1)NCCc1ccc(O)c(O)c1.O=C(Cc1ccc(O)c(O)c1)NCCc1ccc(O)c(O)c1.O=C(Cc1ccc(O)c(O)c1)NCc1ccc(O)c(O)c1.O=C(Cc1ccc(O)c(O)c1)Nc1ccc(O)c(O)c1.O=C(NCCc1ccc(O)c(O)c1)c1ccc(O)c(O)c1.Oc1ccc(Oc2cccc(Oc3ccc(O)c(O)c3)n2)cc1O. The number of carbonyl (C=O) groups is 5. The molecular weight excluding hydrogens is 1710 g/mol. The molecule has 1 heterocycles. The number of ether oxygens (including phenoxy) is 2. The Balaban J connectivity index is 0.000000194. The van der Waals surface area contributed by atoms with Crippen LogP contribution in [0.15, 0.2) is 237 Å². The van der Waals surface area contributed by atoms with Crippen molar-refractivity contribution in [3.63, 3.8) is 0 Å². The summed E-state index contributed by atoms with van der Waals surface area (Å²) < 4.78 is 11.0. The van der Waals surface area contributed by atoms with Crippen molar-refractivity contribution in [3.8, 4) is 161 Å². The van der Waals surface area contributed by atoms with Gasteiger partial charge >= 0.3 is 0 Å². The number of hydrogen-bond acceptors (Lipinski definition) is 32. The van der Waals surface area contributed by atoms with Gasteiger partial charge in [0.25, 0.3) is 5.91 Å². The Morgan fingerprint density at radius 3 is 0.870 bits per heavy atom. The number of nitrogens with one attached hydrogen (secondary N) is 5. The average Bonchev–Trinajstić information content (AvgIpc) is 0.845. The van der Waals surface area contributed by atoms with E-state index in [-0.39, 0.29) is 229 Å². The Bertz CT molecular complexity index is 6030. The first kappa shape index (κ1) is 98.4. The van der Waals surface area contributed by atoms with Gasteiger partial charge in [-0.25, -0.2) is 0 Å². The molecule has 13 aromatic rings. The van der Waals surface area contributed by atoms with Gasteiger partial charge in [-0.1, -0.05) is 54.6 Å². The molecule has 1 aromatic heterocycles. The highest BCUT2D eigenvalue weighted by atomic mass is 16.5. The van der Waals surface area contributed by atoms with Crippen molar-refractivity contribution in [2.24, 2.45) is 0 Å². The van der Waals surface area contributed by atoms with Gasteiger partial charge in [0.15, 0.2) is 138 Å². The number of phenols is 24. The second-order valence-corrected chi connectivity index (χ2v) is 28.4. The van der Waals surface area contributed by atoms with Crippen molar-refractivity contribution >= 4 is 35.2 Å². The van der Waals surface area contributed by atoms with Crippen LogP contribution in [0.3, 0.4) is 0 Å². The molecule has 0 atom stereocenters. The second kappa shape index (κ2) is 47.7. The van der Waals surface area contributed by atoms with E-state index in [1.807, 2.05) is 0 Å². The number of pyridine rings is 1. The summed E-state index contributed by atoms with van der Waals surface area (Å²) in [6.45, 7) is 1.33. The minimum Gasteiger partial charge on any atom is -0.504 e. The van der Waals surface area contributed by atoms with Crippen LogP contribution in [0.1, 0.15) is 61.3 Å². The topological polar surface area (TPSA) is 662 Å². The Hall–Kier alpha value is -18.1. The molecule has 29 N–H and O–H groups in total. The summed E-state index contributed by atoms with van der Waals surface area (Å²) in [7, 11) is 0. The number of amides is 5. The highest BCUT2D eigenvalue weighted by Gasteiger charge is 2.16. The van der Waals surface area contributed by atoms with Crippen LogP contribution in [0.25, 0.3) is 0 Å². The summed E-state index contributed by atoms with van der Waals surface area (Å²) in [6, 6.07) is 55.4. The number of aryl methyl sites for hydroxylation is 1. The average molecular weight is 1800 g/mol. The quantitative estimate of drug-likeness (QED) is 0.0177. The van der Waals surface area contributed by atoms with Crippen LogP contribution in [0.2, 0.25) is 0 Å². The summed E-state index contributed by atoms with van der Waals surface area (Å²) in [5, 5.41) is 236. The lowest BCUT2D eigenvalue weighted by Crippen LogP contribution is -2.27. The molecule has 5 amide bonds. The third-order valence-electron chi connectivity index (χ3n) is 18.2. The van der Waals surface area contributed by atoms with Crippen molar-refractivity contribution < 1.29 is 156 Å². The Labute approximate surface area is 744 Å². The summed E-state index contributed by atoms with van der Waals surface area (Å²) in [5.41, 5.74) is 6.03. The maximum atomic E-state index is 11.8. The van der Waals surface area contributed by atoms with E-state index < -0.39 is 0 Å². The minimum absolute atomic E-state index is 0.00449. The molecule has 0 saturated carbocycles. The number of hydrogen-bond donors (Lipinski definition) is 29. The molecule has 12 aromatic carbocycles. The lowest BCUT2D eigenvalue weighted by molar-refractivity contribution is -0.121. The number of anilines is 1. The zero-order chi connectivity index (χ0) is 95.5. The van der Waals surface area contributed by atoms with Crippen LogP contribution < -0.4 is 36.1 Å². The van der Waals surface area contributed by atoms with E-state index >= 15 is 0 Å². The number of aromatic hydroxyl groups is 24. The first-order valence-electron chi connectivity index (χ1n) is 39.2. The molecule has 37 nitrogen and oxygen atoms in total. The van der Waals surface area contributed by atoms with Crippen molar-refractivity contribution in [1.82, 2.24) is 26.3 Å². The molecule has 0 spiro atoms. The number of phenolic OH excluding ortho intramolecular Hbond substituents is 24. The summed E-state index contributed by atoms with van der Waals surface area (Å²) in [4.78, 5) is 63.0. The Morgan fingerprint density at radius 1 is 0.237 bits per heavy atom. The highest BCUT2D eigenvalue weighted by Crippen LogP contribution is 2.37. The molecule has 0 aliphatic carbocycles. The molecule has 131 heavy (non-hydrogen) atoms. The van der Waals surface area contributed by atoms with Gasteiger partial charge in [-0.2, -0.15) is 4.98 Å². The van der Waals surface area contributed by atoms with Gasteiger partial charge in [-0.05, 0) is 222 Å². The first-order valence-corrected chi connectivity index (χ1v) is 39.2. The fourth-order valence-corrected chi connectivity index (χ4v) is 11.3. The standard InChI is InChI=1S/C17H13NO6.C17H19NO5.C16H17NO5.2C15H15NO5.C14H13NO5/c19-12-6-4-10(8-14(12)21)23-16-2-1-3-17(18-16)24-11-5-7-13(20)15(22)9-11;19-13-4-1-11(9-15(13)21)3-6-17(23)18-8-7-12-2-5-14(20)16(22)10-12;18-12-3-1-10(7-14(12)20)5-6-17-16(22)9-11-2-4-13(19)15(21)8-11;17-11-3-1-9(5-13(11)19)7-15(21)16-8-10-2-4-12(18)14(20)6-10;17-11-3-1-9(7-13(11)19)5-6-16-15(21)10-2-4-12(18)14(20)8-10;16-10-3-1-8(5-12(10)18)6-14(20)15-9-2-4-11(17)13(19)7-9/h1-9,19-22H;1-2,4-5,9-10,19-22H,3,6-8H2,(H,18,23);1-4,7-8,18-21H,5-6,9H2,(H,17,22);1-6,17-20H,7-8H2,(H,16,21);1-4,7-8,17-20H,5-6H2,(H,16,21);1-5,7,16-19H,6H2,(H,15,20). The van der Waals surface area contributed by atoms with E-state index in [0.717, 1.165) is 22.3 Å². The molecule has 0 bridgehead atoms. The molecule has 37 heteroatoms. The van der Waals surface area contributed by atoms with Crippen molar-refractivity contribution in [2.45, 2.75) is 57.9 Å². The number of benzene rings is 12. The Morgan fingerprint density at radius 2 is 0.511 bits per heavy atom. The third-order valence-corrected chi connectivity index (χ3v) is 18.2. The molecule has 13 rings (SSSR count). The van der Waals surface area contributed by atoms with E-state index in [1.54, 1.807) is 60.7 Å². The van der Waals surface area contributed by atoms with E-state index in [1.165, 1.54) is 176 Å². The molecule has 0 radical (unpaired) electrons. The normalized spacial score (nSPS) is 10.3. The van der Waals surface area contributed by atoms with Gasteiger partial charge in [-0.15, -0.1) is 0 Å². The maximum absolute atomic E-state index is 11.8. The number of rotatable bonds is 26. The molecule has 0 aliphatic rings. The highest BCUT2D eigenvalue weighted by molar-refractivity contribution is 5.95. The van der Waals surface area contributed by atoms with E-state index in [0.29, 0.717) is 73.3 Å². The first-order chi connectivity index (χ1) is 62.3. The van der Waals surface area contributed by atoms with E-state index in [9.17, 15) is 136 Å². The fraction of sp³-hybridized carbons (Fsp3) is 0.128. The van der Waals surface area contributed by atoms with Gasteiger partial charge in [0, 0.05) is 74.2 Å². The monoisotopic (exact) mass is 1800 g/mol. The van der Waals surface area contributed by atoms with Gasteiger partial charge in [0.1, 0.15) is 11.5 Å². The van der Waals surface area contributed by atoms with Crippen LogP contribution in [0.5, 0.6) is 161 Å². The van der Waals surface area contributed by atoms with Crippen LogP contribution >= 0.6 is 0 Å². The van der Waals surface area contributed by atoms with E-state index in [2.05, 4.69) is 31.6 Å². The lowest BCUT2D eigenvalue weighted by Gasteiger charge is -2.09. The van der Waals surface area contributed by atoms with Crippen LogP contribution in [-0.2, 0) is 70.7 Å². The van der Waals surface area contributed by atoms with Crippen LogP contribution in [0, 0.1) is 0 Å². The van der Waals surface area contributed by atoms with Crippen LogP contribution in [-0.4, -0.2) is 177 Å². The predicted molar refractivity (Wildman–Crippen MR) is 471 cm³/mol. The number of nitrogens with zero attached hydrogens (tertiary/aromatic N) is 1. The summed E-state index contributed by atoms with van der Waals surface area (Å²) >= 11 is 0. The lowest BCUT2D eigenvalue weighted by atomic mass is 10.1. The summed E-state index contributed by atoms with van der Waals surface area (Å²) in [6.07, 6.45) is 2.40. The molecule has 0 saturated heterocycles. The van der Waals surface area contributed by atoms with Gasteiger partial charge < -0.3 is 159 Å². The van der Waals surface area contributed by atoms with Gasteiger partial charge in [0.05, 0.1) is 19.3 Å². The smallest absolute Gasteiger partial charge is 0.251 e. The second-order valence-electron chi connectivity index (χ2n) is 28.4. The number of carbonyl (C=O) groups excluding carboxylic acids is 5. The predicted octanol–water partition coefficient (Wildman–Crippen LogP) is 11.2. The van der Waals surface area contributed by atoms with Crippen molar-refractivity contribution in [2.75, 3.05) is 25.0 Å². The fourth-order valence-electron chi connectivity index (χ4n) is 11.3. The molecular formula is C94H92N6O31. The van der Waals surface area contributed by atoms with Gasteiger partial charge in [-0.3, -0.25) is 24.0 Å². The van der Waals surface area contributed by atoms with Gasteiger partial charge in [0.2, 0.25) is 35.4 Å². The Kier molecular flexibility index (Phi) is 35.8. The van der Waals surface area contributed by atoms with Crippen LogP contribution in [0.4, 0.5) is 5.69 Å². The van der Waals surface area contributed by atoms with Crippen molar-refractivity contribution in [3.05, 3.63) is 287 Å².